The first-order valence-corrected chi connectivity index (χ1v) is 5.50. The maximum absolute atomic E-state index is 10.8. The summed E-state index contributed by atoms with van der Waals surface area (Å²) in [6, 6.07) is 8.91. The fourth-order valence-corrected chi connectivity index (χ4v) is 1.71. The molecule has 2 N–H and O–H groups in total. The lowest BCUT2D eigenvalue weighted by molar-refractivity contribution is 0.0690. The third-order valence-electron chi connectivity index (χ3n) is 2.66. The number of hydrogen-bond donors (Lipinski definition) is 2. The molecule has 0 radical (unpaired) electrons. The number of H-pyrrole nitrogens is 1. The second kappa shape index (κ2) is 4.37. The van der Waals surface area contributed by atoms with E-state index in [0.717, 1.165) is 11.3 Å². The Labute approximate surface area is 107 Å². The van der Waals surface area contributed by atoms with Crippen molar-refractivity contribution in [2.45, 2.75) is 0 Å². The highest BCUT2D eigenvalue weighted by Gasteiger charge is 2.09. The molecule has 0 aliphatic carbocycles. The van der Waals surface area contributed by atoms with Crippen LogP contribution in [0.25, 0.3) is 16.9 Å². The van der Waals surface area contributed by atoms with Crippen LogP contribution in [0.3, 0.4) is 0 Å². The number of carboxylic acids is 1. The van der Waals surface area contributed by atoms with Gasteiger partial charge in [-0.05, 0) is 18.2 Å². The number of aromatic amines is 1. The number of carboxylic acid groups (broad SMARTS) is 1. The molecule has 0 spiro atoms. The maximum Gasteiger partial charge on any atom is 0.353 e. The third kappa shape index (κ3) is 2.08. The SMILES string of the molecule is O=C(O)c1cc(-c2ccc(-n3ccnn3)cc2)n[nH]1. The zero-order chi connectivity index (χ0) is 13.2. The van der Waals surface area contributed by atoms with Gasteiger partial charge in [0.1, 0.15) is 5.69 Å². The largest absolute Gasteiger partial charge is 0.477 e. The van der Waals surface area contributed by atoms with Crippen LogP contribution in [0.4, 0.5) is 0 Å². The number of benzene rings is 1. The highest BCUT2D eigenvalue weighted by atomic mass is 16.4. The molecule has 2 heterocycles. The molecule has 0 unspecified atom stereocenters. The molecule has 0 atom stereocenters. The summed E-state index contributed by atoms with van der Waals surface area (Å²) in [7, 11) is 0. The van der Waals surface area contributed by atoms with Crippen molar-refractivity contribution in [3.05, 3.63) is 48.4 Å². The number of carbonyl (C=O) groups is 1. The zero-order valence-electron chi connectivity index (χ0n) is 9.69. The van der Waals surface area contributed by atoms with Crippen LogP contribution in [-0.4, -0.2) is 36.3 Å². The van der Waals surface area contributed by atoms with Gasteiger partial charge in [-0.1, -0.05) is 17.3 Å². The van der Waals surface area contributed by atoms with Crippen molar-refractivity contribution in [2.75, 3.05) is 0 Å². The first-order valence-electron chi connectivity index (χ1n) is 5.50. The molecule has 0 aliphatic heterocycles. The quantitative estimate of drug-likeness (QED) is 0.736. The summed E-state index contributed by atoms with van der Waals surface area (Å²) in [5.41, 5.74) is 2.35. The summed E-state index contributed by atoms with van der Waals surface area (Å²) in [4.78, 5) is 10.8. The molecule has 0 saturated heterocycles. The number of aromatic carboxylic acids is 1. The van der Waals surface area contributed by atoms with Gasteiger partial charge in [0.25, 0.3) is 0 Å². The monoisotopic (exact) mass is 255 g/mol. The average molecular weight is 255 g/mol. The first-order chi connectivity index (χ1) is 9.24. The summed E-state index contributed by atoms with van der Waals surface area (Å²) < 4.78 is 1.64. The van der Waals surface area contributed by atoms with Crippen LogP contribution in [-0.2, 0) is 0 Å². The Morgan fingerprint density at radius 2 is 2.05 bits per heavy atom. The highest BCUT2D eigenvalue weighted by Crippen LogP contribution is 2.19. The van der Waals surface area contributed by atoms with E-state index in [4.69, 9.17) is 5.11 Å². The molecule has 0 saturated carbocycles. The standard InChI is InChI=1S/C12H9N5O2/c18-12(19)11-7-10(14-15-11)8-1-3-9(4-2-8)17-6-5-13-16-17/h1-7H,(H,14,15)(H,18,19). The van der Waals surface area contributed by atoms with Crippen LogP contribution in [0.2, 0.25) is 0 Å². The third-order valence-corrected chi connectivity index (χ3v) is 2.66. The Kier molecular flexibility index (Phi) is 2.57. The lowest BCUT2D eigenvalue weighted by Crippen LogP contribution is -1.95. The fraction of sp³-hybridized carbons (Fsp3) is 0. The van der Waals surface area contributed by atoms with Gasteiger partial charge in [-0.2, -0.15) is 5.10 Å². The van der Waals surface area contributed by atoms with Crippen molar-refractivity contribution < 1.29 is 9.90 Å². The van der Waals surface area contributed by atoms with Gasteiger partial charge in [-0.25, -0.2) is 9.48 Å². The summed E-state index contributed by atoms with van der Waals surface area (Å²) in [6.45, 7) is 0. The molecule has 3 rings (SSSR count). The Morgan fingerprint density at radius 3 is 2.63 bits per heavy atom. The van der Waals surface area contributed by atoms with Crippen LogP contribution in [0, 0.1) is 0 Å². The number of hydrogen-bond acceptors (Lipinski definition) is 4. The van der Waals surface area contributed by atoms with Crippen LogP contribution in [0.1, 0.15) is 10.5 Å². The van der Waals surface area contributed by atoms with Crippen molar-refractivity contribution in [3.63, 3.8) is 0 Å². The van der Waals surface area contributed by atoms with E-state index in [1.807, 2.05) is 24.3 Å². The molecule has 7 heteroatoms. The van der Waals surface area contributed by atoms with Gasteiger partial charge in [0.2, 0.25) is 0 Å². The minimum absolute atomic E-state index is 0.0651. The van der Waals surface area contributed by atoms with Gasteiger partial charge >= 0.3 is 5.97 Å². The van der Waals surface area contributed by atoms with Crippen molar-refractivity contribution in [1.82, 2.24) is 25.2 Å². The van der Waals surface area contributed by atoms with Crippen molar-refractivity contribution >= 4 is 5.97 Å². The van der Waals surface area contributed by atoms with Crippen molar-refractivity contribution in [3.8, 4) is 16.9 Å². The molecule has 7 nitrogen and oxygen atoms in total. The van der Waals surface area contributed by atoms with E-state index >= 15 is 0 Å². The Bertz CT molecular complexity index is 700. The Hall–Kier alpha value is -2.96. The topological polar surface area (TPSA) is 96.7 Å². The molecular weight excluding hydrogens is 246 g/mol. The van der Waals surface area contributed by atoms with Crippen molar-refractivity contribution in [1.29, 1.82) is 0 Å². The normalized spacial score (nSPS) is 10.5. The van der Waals surface area contributed by atoms with E-state index in [-0.39, 0.29) is 5.69 Å². The van der Waals surface area contributed by atoms with Gasteiger partial charge in [-0.15, -0.1) is 5.10 Å². The van der Waals surface area contributed by atoms with Crippen molar-refractivity contribution in [2.24, 2.45) is 0 Å². The van der Waals surface area contributed by atoms with E-state index in [9.17, 15) is 4.79 Å². The van der Waals surface area contributed by atoms with Gasteiger partial charge < -0.3 is 5.11 Å². The minimum atomic E-state index is -1.03. The highest BCUT2D eigenvalue weighted by molar-refractivity contribution is 5.86. The lowest BCUT2D eigenvalue weighted by Gasteiger charge is -2.01. The predicted molar refractivity (Wildman–Crippen MR) is 65.9 cm³/mol. The lowest BCUT2D eigenvalue weighted by atomic mass is 10.1. The molecule has 19 heavy (non-hydrogen) atoms. The smallest absolute Gasteiger partial charge is 0.353 e. The fourth-order valence-electron chi connectivity index (χ4n) is 1.71. The minimum Gasteiger partial charge on any atom is -0.477 e. The summed E-state index contributed by atoms with van der Waals surface area (Å²) in [5, 5.41) is 22.9. The molecule has 0 fully saturated rings. The summed E-state index contributed by atoms with van der Waals surface area (Å²) >= 11 is 0. The second-order valence-electron chi connectivity index (χ2n) is 3.87. The summed E-state index contributed by atoms with van der Waals surface area (Å²) in [5.74, 6) is -1.03. The number of nitrogens with zero attached hydrogens (tertiary/aromatic N) is 4. The Balaban J connectivity index is 1.91. The Morgan fingerprint density at radius 1 is 1.26 bits per heavy atom. The van der Waals surface area contributed by atoms with E-state index in [2.05, 4.69) is 20.5 Å². The van der Waals surface area contributed by atoms with E-state index < -0.39 is 5.97 Å². The van der Waals surface area contributed by atoms with Gasteiger partial charge in [0.15, 0.2) is 0 Å². The molecule has 2 aromatic heterocycles. The zero-order valence-corrected chi connectivity index (χ0v) is 9.69. The number of nitrogens with one attached hydrogen (secondary N) is 1. The molecule has 0 bridgehead atoms. The molecule has 0 aliphatic rings. The van der Waals surface area contributed by atoms with E-state index in [1.54, 1.807) is 17.1 Å². The summed E-state index contributed by atoms with van der Waals surface area (Å²) in [6.07, 6.45) is 3.34. The van der Waals surface area contributed by atoms with Gasteiger partial charge in [0, 0.05) is 5.56 Å². The maximum atomic E-state index is 10.8. The van der Waals surface area contributed by atoms with Crippen LogP contribution < -0.4 is 0 Å². The van der Waals surface area contributed by atoms with E-state index in [1.165, 1.54) is 6.07 Å². The number of rotatable bonds is 3. The van der Waals surface area contributed by atoms with Crippen LogP contribution >= 0.6 is 0 Å². The molecule has 1 aromatic carbocycles. The number of aromatic nitrogens is 5. The first kappa shape index (κ1) is 11.1. The van der Waals surface area contributed by atoms with Crippen LogP contribution in [0.5, 0.6) is 0 Å². The van der Waals surface area contributed by atoms with E-state index in [0.29, 0.717) is 5.69 Å². The molecular formula is C12H9N5O2. The van der Waals surface area contributed by atoms with Gasteiger partial charge in [-0.3, -0.25) is 5.10 Å². The molecule has 0 amide bonds. The molecule has 3 aromatic rings. The second-order valence-corrected chi connectivity index (χ2v) is 3.87. The van der Waals surface area contributed by atoms with Crippen LogP contribution in [0.15, 0.2) is 42.7 Å². The molecule has 94 valence electrons. The predicted octanol–water partition coefficient (Wildman–Crippen LogP) is 1.36. The van der Waals surface area contributed by atoms with Gasteiger partial charge in [0.05, 0.1) is 23.8 Å². The average Bonchev–Trinajstić information content (AvgIpc) is 3.11.